The van der Waals surface area contributed by atoms with Gasteiger partial charge < -0.3 is 9.47 Å². The summed E-state index contributed by atoms with van der Waals surface area (Å²) in [6.45, 7) is 0. The van der Waals surface area contributed by atoms with Gasteiger partial charge in [-0.3, -0.25) is 20.2 Å². The monoisotopic (exact) mass is 526 g/mol. The van der Waals surface area contributed by atoms with E-state index in [-0.39, 0.29) is 44.2 Å². The van der Waals surface area contributed by atoms with Crippen LogP contribution < -0.4 is 0 Å². The van der Waals surface area contributed by atoms with Crippen LogP contribution in [0.1, 0.15) is 0 Å². The first-order valence-corrected chi connectivity index (χ1v) is 10.6. The predicted molar refractivity (Wildman–Crippen MR) is 140 cm³/mol. The van der Waals surface area contributed by atoms with Gasteiger partial charge in [0, 0.05) is 24.3 Å². The highest BCUT2D eigenvalue weighted by molar-refractivity contribution is 7.81. The number of non-ortho nitro benzene ring substituents is 2. The van der Waals surface area contributed by atoms with Crippen LogP contribution in [0.15, 0.2) is 105 Å². The molecule has 0 saturated heterocycles. The number of nitrogens with zero attached hydrogens (tertiary/aromatic N) is 6. The molecule has 14 heteroatoms. The number of allylic oxidation sites excluding steroid dienone is 4. The first-order valence-electron chi connectivity index (χ1n) is 9.83. The second kappa shape index (κ2) is 14.0. The Morgan fingerprint density at radius 1 is 0.778 bits per heavy atom. The Kier molecular flexibility index (Phi) is 10.8. The van der Waals surface area contributed by atoms with Crippen LogP contribution >= 0.6 is 24.4 Å². The van der Waals surface area contributed by atoms with E-state index in [1.165, 1.54) is 62.8 Å². The van der Waals surface area contributed by atoms with Gasteiger partial charge in [-0.2, -0.15) is 0 Å². The number of hydrogen-bond donors (Lipinski definition) is 0. The van der Waals surface area contributed by atoms with Crippen molar-refractivity contribution in [2.24, 2.45) is 20.5 Å². The third kappa shape index (κ3) is 8.66. The van der Waals surface area contributed by atoms with Crippen LogP contribution in [0.4, 0.5) is 22.7 Å². The van der Waals surface area contributed by atoms with Crippen molar-refractivity contribution in [1.29, 1.82) is 0 Å². The lowest BCUT2D eigenvalue weighted by molar-refractivity contribution is -0.385. The fraction of sp³-hybridized carbons (Fsp3) is 0.0909. The number of thiocarbonyl (C=S) groups is 2. The van der Waals surface area contributed by atoms with Crippen LogP contribution in [-0.2, 0) is 9.47 Å². The normalized spacial score (nSPS) is 12.3. The molecule has 0 radical (unpaired) electrons. The summed E-state index contributed by atoms with van der Waals surface area (Å²) in [5, 5.41) is 37.2. The van der Waals surface area contributed by atoms with Crippen LogP contribution in [0, 0.1) is 20.2 Å². The zero-order valence-corrected chi connectivity index (χ0v) is 20.5. The van der Waals surface area contributed by atoms with E-state index in [0.717, 1.165) is 0 Å². The molecule has 2 rings (SSSR count). The maximum Gasteiger partial charge on any atom is 0.271 e. The molecule has 12 nitrogen and oxygen atoms in total. The molecule has 0 atom stereocenters. The van der Waals surface area contributed by atoms with Gasteiger partial charge in [0.15, 0.2) is 21.5 Å². The van der Waals surface area contributed by atoms with Crippen molar-refractivity contribution in [1.82, 2.24) is 0 Å². The van der Waals surface area contributed by atoms with Crippen molar-refractivity contribution < 1.29 is 19.3 Å². The lowest BCUT2D eigenvalue weighted by Gasteiger charge is -2.02. The largest absolute Gasteiger partial charge is 0.494 e. The maximum absolute atomic E-state index is 10.9. The van der Waals surface area contributed by atoms with Crippen molar-refractivity contribution in [3.05, 3.63) is 105 Å². The molecule has 0 aliphatic heterocycles. The van der Waals surface area contributed by atoms with Gasteiger partial charge in [-0.25, -0.2) is 0 Å². The minimum Gasteiger partial charge on any atom is -0.494 e. The summed E-state index contributed by atoms with van der Waals surface area (Å²) in [6, 6.07) is 11.3. The smallest absolute Gasteiger partial charge is 0.271 e. The first-order chi connectivity index (χ1) is 17.2. The fourth-order valence-corrected chi connectivity index (χ4v) is 2.77. The van der Waals surface area contributed by atoms with E-state index < -0.39 is 9.85 Å². The molecule has 0 heterocycles. The van der Waals surface area contributed by atoms with E-state index in [0.29, 0.717) is 0 Å². The van der Waals surface area contributed by atoms with Crippen LogP contribution in [0.3, 0.4) is 0 Å². The van der Waals surface area contributed by atoms with E-state index in [2.05, 4.69) is 20.5 Å². The minimum atomic E-state index is -0.536. The van der Waals surface area contributed by atoms with Gasteiger partial charge in [0.1, 0.15) is 0 Å². The highest BCUT2D eigenvalue weighted by Crippen LogP contribution is 2.21. The molecule has 36 heavy (non-hydrogen) atoms. The third-order valence-corrected chi connectivity index (χ3v) is 4.63. The Morgan fingerprint density at radius 3 is 1.50 bits per heavy atom. The Labute approximate surface area is 215 Å². The molecule has 0 amide bonds. The van der Waals surface area contributed by atoms with Gasteiger partial charge in [0.25, 0.3) is 11.4 Å². The van der Waals surface area contributed by atoms with E-state index in [9.17, 15) is 20.2 Å². The number of benzene rings is 2. The van der Waals surface area contributed by atoms with Crippen molar-refractivity contribution in [2.45, 2.75) is 0 Å². The molecule has 0 aromatic heterocycles. The summed E-state index contributed by atoms with van der Waals surface area (Å²) in [6.07, 6.45) is 6.19. The number of methoxy groups -OCH3 is 2. The number of nitro benzene ring substituents is 2. The number of rotatable bonds is 10. The van der Waals surface area contributed by atoms with Gasteiger partial charge in [-0.05, 0) is 24.3 Å². The van der Waals surface area contributed by atoms with Crippen LogP contribution in [0.5, 0.6) is 0 Å². The van der Waals surface area contributed by atoms with E-state index >= 15 is 0 Å². The Balaban J connectivity index is 2.07. The van der Waals surface area contributed by atoms with Crippen LogP contribution in [-0.4, -0.2) is 34.0 Å². The van der Waals surface area contributed by atoms with E-state index in [4.69, 9.17) is 33.9 Å². The molecule has 184 valence electrons. The summed E-state index contributed by atoms with van der Waals surface area (Å²) in [7, 11) is 2.80. The average Bonchev–Trinajstić information content (AvgIpc) is 2.88. The van der Waals surface area contributed by atoms with Crippen molar-refractivity contribution in [2.75, 3.05) is 14.2 Å². The van der Waals surface area contributed by atoms with Crippen LogP contribution in [0.2, 0.25) is 0 Å². The Bertz CT molecular complexity index is 1220. The highest BCUT2D eigenvalue weighted by atomic mass is 32.1. The zero-order chi connectivity index (χ0) is 26.5. The van der Waals surface area contributed by atoms with Gasteiger partial charge in [-0.15, -0.1) is 20.5 Å². The van der Waals surface area contributed by atoms with Gasteiger partial charge in [-0.1, -0.05) is 48.7 Å². The minimum absolute atomic E-state index is 0.0193. The average molecular weight is 527 g/mol. The number of nitro groups is 2. The summed E-state index contributed by atoms with van der Waals surface area (Å²) in [5.74, 6) is 0.437. The molecule has 2 aromatic rings. The molecule has 0 saturated carbocycles. The lowest BCUT2D eigenvalue weighted by atomic mass is 10.3. The Morgan fingerprint density at radius 2 is 1.17 bits per heavy atom. The fourth-order valence-electron chi connectivity index (χ4n) is 2.38. The summed E-state index contributed by atoms with van der Waals surface area (Å²) in [5.41, 5.74) is 0.285. The summed E-state index contributed by atoms with van der Waals surface area (Å²) >= 11 is 10.4. The second-order valence-corrected chi connectivity index (χ2v) is 7.19. The topological polar surface area (TPSA) is 154 Å². The SMILES string of the molecule is CO\C(=C/C=C/C=C(\OC)C(=S)N=Nc1cccc([N+](=O)[O-])c1)C(=S)N=Nc1cccc([N+](=O)[O-])c1. The quantitative estimate of drug-likeness (QED) is 0.0634. The standard InChI is InChI=1S/C22H18N6O6S2/c1-33-19(21(35)25-23-15-7-5-9-17(13-15)27(29)30)11-3-4-12-20(34-2)22(36)26-24-16-8-6-10-18(14-16)28(31)32/h3-14H,1-2H3/b4-3+,19-11-,20-12-,25-23?,26-24?. The predicted octanol–water partition coefficient (Wildman–Crippen LogP) is 6.64. The van der Waals surface area contributed by atoms with Crippen molar-refractivity contribution in [3.8, 4) is 0 Å². The molecule has 2 aromatic carbocycles. The van der Waals surface area contributed by atoms with Gasteiger partial charge in [0.2, 0.25) is 0 Å². The molecule has 0 aliphatic rings. The maximum atomic E-state index is 10.9. The Hall–Kier alpha value is -4.56. The van der Waals surface area contributed by atoms with E-state index in [1.54, 1.807) is 24.3 Å². The van der Waals surface area contributed by atoms with Gasteiger partial charge >= 0.3 is 0 Å². The molecule has 0 aliphatic carbocycles. The molecule has 0 N–H and O–H groups in total. The number of azo groups is 2. The number of hydrogen-bond acceptors (Lipinski definition) is 10. The third-order valence-electron chi connectivity index (χ3n) is 4.06. The zero-order valence-electron chi connectivity index (χ0n) is 18.9. The first kappa shape index (κ1) is 27.7. The number of ether oxygens (including phenoxy) is 2. The lowest BCUT2D eigenvalue weighted by Crippen LogP contribution is -1.98. The van der Waals surface area contributed by atoms with Crippen molar-refractivity contribution >= 4 is 57.2 Å². The molecule has 0 bridgehead atoms. The molecule has 0 spiro atoms. The summed E-state index contributed by atoms with van der Waals surface area (Å²) < 4.78 is 10.4. The van der Waals surface area contributed by atoms with Gasteiger partial charge in [0.05, 0.1) is 35.4 Å². The molecule has 0 fully saturated rings. The van der Waals surface area contributed by atoms with Crippen molar-refractivity contribution in [3.63, 3.8) is 0 Å². The van der Waals surface area contributed by atoms with E-state index in [1.807, 2.05) is 0 Å². The molecular formula is C22H18N6O6S2. The van der Waals surface area contributed by atoms with Crippen LogP contribution in [0.25, 0.3) is 0 Å². The molecule has 0 unspecified atom stereocenters. The molecular weight excluding hydrogens is 508 g/mol. The summed E-state index contributed by atoms with van der Waals surface area (Å²) in [4.78, 5) is 20.7. The highest BCUT2D eigenvalue weighted by Gasteiger charge is 2.08. The second-order valence-electron chi connectivity index (χ2n) is 6.42.